The lowest BCUT2D eigenvalue weighted by Crippen LogP contribution is -2.51. The van der Waals surface area contributed by atoms with Crippen LogP contribution in [-0.2, 0) is 25.3 Å². The Morgan fingerprint density at radius 1 is 1.35 bits per heavy atom. The molecule has 1 aliphatic heterocycles. The van der Waals surface area contributed by atoms with Crippen LogP contribution in [0.25, 0.3) is 0 Å². The number of imidazole rings is 1. The highest BCUT2D eigenvalue weighted by molar-refractivity contribution is 5.78. The summed E-state index contributed by atoms with van der Waals surface area (Å²) in [5.41, 5.74) is 0.962. The number of carbonyl (C=O) groups excluding carboxylic acids is 1. The van der Waals surface area contributed by atoms with E-state index in [0.29, 0.717) is 13.0 Å². The van der Waals surface area contributed by atoms with Crippen LogP contribution in [0.5, 0.6) is 0 Å². The molecule has 3 heterocycles. The minimum atomic E-state index is 0.159. The smallest absolute Gasteiger partial charge is 0.227 e. The molecule has 0 saturated carbocycles. The Morgan fingerprint density at radius 3 is 2.78 bits per heavy atom. The highest BCUT2D eigenvalue weighted by Crippen LogP contribution is 2.24. The SMILES string of the molecule is CCN1CCN(C(=O)Cc2cnn(C)c2)C[C@H]1c1nccn1C. The molecule has 3 rings (SSSR count). The van der Waals surface area contributed by atoms with Crippen molar-refractivity contribution >= 4 is 5.91 Å². The van der Waals surface area contributed by atoms with E-state index < -0.39 is 0 Å². The van der Waals surface area contributed by atoms with Gasteiger partial charge in [0, 0.05) is 52.3 Å². The minimum absolute atomic E-state index is 0.159. The molecule has 0 unspecified atom stereocenters. The third kappa shape index (κ3) is 3.29. The molecule has 1 atom stereocenters. The molecule has 23 heavy (non-hydrogen) atoms. The molecule has 1 aliphatic rings. The van der Waals surface area contributed by atoms with Gasteiger partial charge in [-0.1, -0.05) is 6.92 Å². The molecule has 0 bridgehead atoms. The van der Waals surface area contributed by atoms with Crippen molar-refractivity contribution in [3.63, 3.8) is 0 Å². The fourth-order valence-corrected chi connectivity index (χ4v) is 3.22. The summed E-state index contributed by atoms with van der Waals surface area (Å²) in [6.45, 7) is 5.46. The first kappa shape index (κ1) is 15.7. The fourth-order valence-electron chi connectivity index (χ4n) is 3.22. The molecule has 7 heteroatoms. The van der Waals surface area contributed by atoms with Crippen molar-refractivity contribution in [1.29, 1.82) is 0 Å². The zero-order chi connectivity index (χ0) is 16.4. The van der Waals surface area contributed by atoms with Crippen LogP contribution >= 0.6 is 0 Å². The molecule has 0 aliphatic carbocycles. The lowest BCUT2D eigenvalue weighted by atomic mass is 10.1. The summed E-state index contributed by atoms with van der Waals surface area (Å²) in [6, 6.07) is 0.159. The Labute approximate surface area is 136 Å². The van der Waals surface area contributed by atoms with E-state index in [0.717, 1.165) is 31.0 Å². The zero-order valence-electron chi connectivity index (χ0n) is 14.0. The van der Waals surface area contributed by atoms with Crippen LogP contribution in [0.3, 0.4) is 0 Å². The summed E-state index contributed by atoms with van der Waals surface area (Å²) < 4.78 is 3.77. The molecule has 7 nitrogen and oxygen atoms in total. The van der Waals surface area contributed by atoms with E-state index in [9.17, 15) is 4.79 Å². The molecular formula is C16H24N6O. The van der Waals surface area contributed by atoms with Crippen LogP contribution in [0.2, 0.25) is 0 Å². The van der Waals surface area contributed by atoms with Crippen LogP contribution in [0.15, 0.2) is 24.8 Å². The number of aryl methyl sites for hydroxylation is 2. The maximum Gasteiger partial charge on any atom is 0.227 e. The summed E-state index contributed by atoms with van der Waals surface area (Å²) in [6.07, 6.45) is 7.85. The molecule has 1 amide bonds. The van der Waals surface area contributed by atoms with Crippen molar-refractivity contribution in [2.45, 2.75) is 19.4 Å². The summed E-state index contributed by atoms with van der Waals surface area (Å²) in [4.78, 5) is 21.4. The normalized spacial score (nSPS) is 19.3. The lowest BCUT2D eigenvalue weighted by molar-refractivity contribution is -0.133. The topological polar surface area (TPSA) is 59.2 Å². The summed E-state index contributed by atoms with van der Waals surface area (Å²) >= 11 is 0. The standard InChI is InChI=1S/C16H24N6O/c1-4-21-7-8-22(12-14(21)16-17-5-6-19(16)2)15(23)9-13-10-18-20(3)11-13/h5-6,10-11,14H,4,7-9,12H2,1-3H3/t14-/m0/s1. The predicted octanol–water partition coefficient (Wildman–Crippen LogP) is 0.602. The highest BCUT2D eigenvalue weighted by atomic mass is 16.2. The number of likely N-dealkylation sites (N-methyl/N-ethyl adjacent to an activating group) is 1. The first-order valence-corrected chi connectivity index (χ1v) is 8.05. The zero-order valence-corrected chi connectivity index (χ0v) is 14.0. The predicted molar refractivity (Wildman–Crippen MR) is 86.7 cm³/mol. The molecule has 124 valence electrons. The van der Waals surface area contributed by atoms with Gasteiger partial charge >= 0.3 is 0 Å². The molecule has 2 aromatic rings. The molecular weight excluding hydrogens is 292 g/mol. The van der Waals surface area contributed by atoms with Crippen molar-refractivity contribution < 1.29 is 4.79 Å². The largest absolute Gasteiger partial charge is 0.339 e. The van der Waals surface area contributed by atoms with Gasteiger partial charge in [0.05, 0.1) is 18.7 Å². The first-order valence-electron chi connectivity index (χ1n) is 8.05. The van der Waals surface area contributed by atoms with Gasteiger partial charge in [0.25, 0.3) is 0 Å². The maximum absolute atomic E-state index is 12.6. The molecule has 0 radical (unpaired) electrons. The van der Waals surface area contributed by atoms with E-state index in [1.807, 2.05) is 42.2 Å². The third-order valence-corrected chi connectivity index (χ3v) is 4.52. The van der Waals surface area contributed by atoms with Crippen LogP contribution < -0.4 is 0 Å². The van der Waals surface area contributed by atoms with Gasteiger partial charge in [-0.05, 0) is 12.1 Å². The number of hydrogen-bond donors (Lipinski definition) is 0. The van der Waals surface area contributed by atoms with Crippen molar-refractivity contribution in [2.24, 2.45) is 14.1 Å². The number of amides is 1. The Kier molecular flexibility index (Phi) is 4.47. The van der Waals surface area contributed by atoms with Gasteiger partial charge in [-0.2, -0.15) is 5.10 Å². The van der Waals surface area contributed by atoms with Crippen molar-refractivity contribution in [1.82, 2.24) is 29.1 Å². The van der Waals surface area contributed by atoms with E-state index in [-0.39, 0.29) is 11.9 Å². The molecule has 2 aromatic heterocycles. The Hall–Kier alpha value is -2.15. The van der Waals surface area contributed by atoms with Gasteiger partial charge in [0.1, 0.15) is 5.82 Å². The Morgan fingerprint density at radius 2 is 2.17 bits per heavy atom. The highest BCUT2D eigenvalue weighted by Gasteiger charge is 2.31. The third-order valence-electron chi connectivity index (χ3n) is 4.52. The van der Waals surface area contributed by atoms with Gasteiger partial charge in [0.2, 0.25) is 5.91 Å². The number of hydrogen-bond acceptors (Lipinski definition) is 4. The van der Waals surface area contributed by atoms with Crippen molar-refractivity contribution in [3.8, 4) is 0 Å². The second-order valence-electron chi connectivity index (χ2n) is 6.08. The van der Waals surface area contributed by atoms with Gasteiger partial charge in [-0.3, -0.25) is 14.4 Å². The second-order valence-corrected chi connectivity index (χ2v) is 6.08. The van der Waals surface area contributed by atoms with Crippen molar-refractivity contribution in [3.05, 3.63) is 36.2 Å². The van der Waals surface area contributed by atoms with Gasteiger partial charge in [0.15, 0.2) is 0 Å². The Bertz CT molecular complexity index is 676. The van der Waals surface area contributed by atoms with E-state index in [4.69, 9.17) is 0 Å². The number of piperazine rings is 1. The van der Waals surface area contributed by atoms with Crippen LogP contribution in [0.4, 0.5) is 0 Å². The first-order chi connectivity index (χ1) is 11.1. The monoisotopic (exact) mass is 316 g/mol. The minimum Gasteiger partial charge on any atom is -0.339 e. The van der Waals surface area contributed by atoms with Crippen LogP contribution in [0, 0.1) is 0 Å². The number of aromatic nitrogens is 4. The second kappa shape index (κ2) is 6.54. The van der Waals surface area contributed by atoms with E-state index in [1.54, 1.807) is 10.9 Å². The Balaban J connectivity index is 1.72. The molecule has 1 saturated heterocycles. The number of rotatable bonds is 4. The quantitative estimate of drug-likeness (QED) is 0.829. The molecule has 0 N–H and O–H groups in total. The van der Waals surface area contributed by atoms with Gasteiger partial charge in [-0.25, -0.2) is 4.98 Å². The average Bonchev–Trinajstić information content (AvgIpc) is 3.15. The summed E-state index contributed by atoms with van der Waals surface area (Å²) in [5, 5.41) is 4.13. The van der Waals surface area contributed by atoms with Gasteiger partial charge in [-0.15, -0.1) is 0 Å². The van der Waals surface area contributed by atoms with E-state index >= 15 is 0 Å². The van der Waals surface area contributed by atoms with Crippen LogP contribution in [0.1, 0.15) is 24.4 Å². The lowest BCUT2D eigenvalue weighted by Gasteiger charge is -2.40. The maximum atomic E-state index is 12.6. The average molecular weight is 316 g/mol. The van der Waals surface area contributed by atoms with Crippen molar-refractivity contribution in [2.75, 3.05) is 26.2 Å². The molecule has 1 fully saturated rings. The van der Waals surface area contributed by atoms with Crippen LogP contribution in [-0.4, -0.2) is 61.2 Å². The summed E-state index contributed by atoms with van der Waals surface area (Å²) in [5.74, 6) is 1.18. The molecule has 0 spiro atoms. The fraction of sp³-hybridized carbons (Fsp3) is 0.562. The number of carbonyl (C=O) groups is 1. The summed E-state index contributed by atoms with van der Waals surface area (Å²) in [7, 11) is 3.87. The van der Waals surface area contributed by atoms with Gasteiger partial charge < -0.3 is 9.47 Å². The van der Waals surface area contributed by atoms with E-state index in [2.05, 4.69) is 21.9 Å². The van der Waals surface area contributed by atoms with E-state index in [1.165, 1.54) is 0 Å². The number of nitrogens with zero attached hydrogens (tertiary/aromatic N) is 6. The molecule has 0 aromatic carbocycles.